The fourth-order valence-corrected chi connectivity index (χ4v) is 7.32. The topological polar surface area (TPSA) is 63.2 Å². The molecule has 0 aliphatic heterocycles. The van der Waals surface area contributed by atoms with Gasteiger partial charge < -0.3 is 15.4 Å². The lowest BCUT2D eigenvalue weighted by Gasteiger charge is -2.57. The maximum absolute atomic E-state index is 11.7. The number of methoxy groups -OCH3 is 1. The number of hydrogen-bond acceptors (Lipinski definition) is 5. The molecule has 35 heavy (non-hydrogen) atoms. The average Bonchev–Trinajstić information content (AvgIpc) is 2.85. The van der Waals surface area contributed by atoms with Gasteiger partial charge in [-0.05, 0) is 116 Å². The average molecular weight is 488 g/mol. The van der Waals surface area contributed by atoms with Gasteiger partial charge in [0.1, 0.15) is 5.69 Å². The molecule has 0 amide bonds. The predicted octanol–water partition coefficient (Wildman–Crippen LogP) is 7.48. The number of hydrogen-bond donors (Lipinski definition) is 2. The van der Waals surface area contributed by atoms with Gasteiger partial charge in [0.25, 0.3) is 0 Å². The van der Waals surface area contributed by atoms with Crippen molar-refractivity contribution in [2.45, 2.75) is 43.9 Å². The molecule has 4 bridgehead atoms. The van der Waals surface area contributed by atoms with E-state index in [0.717, 1.165) is 45.5 Å². The Morgan fingerprint density at radius 2 is 1.51 bits per heavy atom. The molecule has 180 valence electrons. The molecule has 0 atom stereocenters. The summed E-state index contributed by atoms with van der Waals surface area (Å²) < 4.78 is 4.74. The van der Waals surface area contributed by atoms with Crippen LogP contribution >= 0.6 is 11.6 Å². The number of halogens is 1. The number of esters is 1. The first-order valence-corrected chi connectivity index (χ1v) is 12.9. The lowest BCUT2D eigenvalue weighted by atomic mass is 9.48. The molecule has 4 saturated carbocycles. The second kappa shape index (κ2) is 8.87. The van der Waals surface area contributed by atoms with E-state index in [9.17, 15) is 4.79 Å². The zero-order chi connectivity index (χ0) is 24.0. The molecule has 0 spiro atoms. The van der Waals surface area contributed by atoms with Gasteiger partial charge in [-0.2, -0.15) is 0 Å². The number of rotatable bonds is 6. The van der Waals surface area contributed by atoms with Crippen molar-refractivity contribution in [2.24, 2.45) is 17.8 Å². The van der Waals surface area contributed by atoms with Crippen LogP contribution in [-0.4, -0.2) is 18.1 Å². The van der Waals surface area contributed by atoms with E-state index in [4.69, 9.17) is 16.3 Å². The monoisotopic (exact) mass is 487 g/mol. The first-order valence-electron chi connectivity index (χ1n) is 12.5. The van der Waals surface area contributed by atoms with E-state index >= 15 is 0 Å². The summed E-state index contributed by atoms with van der Waals surface area (Å²) >= 11 is 6.79. The van der Waals surface area contributed by atoms with Crippen molar-refractivity contribution in [3.8, 4) is 0 Å². The van der Waals surface area contributed by atoms with Crippen molar-refractivity contribution in [2.75, 3.05) is 17.7 Å². The number of anilines is 4. The molecule has 1 aromatic heterocycles. The Bertz CT molecular complexity index is 1220. The largest absolute Gasteiger partial charge is 0.464 e. The zero-order valence-corrected chi connectivity index (χ0v) is 20.6. The van der Waals surface area contributed by atoms with Crippen LogP contribution in [0.5, 0.6) is 0 Å². The Balaban J connectivity index is 1.14. The van der Waals surface area contributed by atoms with Crippen molar-refractivity contribution in [3.63, 3.8) is 0 Å². The second-order valence-corrected chi connectivity index (χ2v) is 11.0. The zero-order valence-electron chi connectivity index (χ0n) is 19.9. The van der Waals surface area contributed by atoms with E-state index < -0.39 is 5.97 Å². The molecule has 2 N–H and O–H groups in total. The fraction of sp³-hybridized carbons (Fsp3) is 0.379. The van der Waals surface area contributed by atoms with Gasteiger partial charge in [-0.25, -0.2) is 9.78 Å². The van der Waals surface area contributed by atoms with Crippen LogP contribution in [0.3, 0.4) is 0 Å². The Morgan fingerprint density at radius 3 is 2.11 bits per heavy atom. The van der Waals surface area contributed by atoms with E-state index in [-0.39, 0.29) is 5.69 Å². The molecule has 0 radical (unpaired) electrons. The minimum Gasteiger partial charge on any atom is -0.464 e. The molecule has 3 aromatic rings. The summed E-state index contributed by atoms with van der Waals surface area (Å²) in [7, 11) is 1.35. The van der Waals surface area contributed by atoms with Crippen LogP contribution in [0.2, 0.25) is 5.02 Å². The van der Waals surface area contributed by atoms with Crippen LogP contribution in [0, 0.1) is 17.8 Å². The molecule has 4 aliphatic carbocycles. The van der Waals surface area contributed by atoms with Gasteiger partial charge in [0.05, 0.1) is 17.8 Å². The molecule has 0 unspecified atom stereocenters. The first kappa shape index (κ1) is 22.4. The number of nitrogens with zero attached hydrogens (tertiary/aromatic N) is 1. The van der Waals surface area contributed by atoms with Gasteiger partial charge in [0.2, 0.25) is 0 Å². The Labute approximate surface area is 211 Å². The van der Waals surface area contributed by atoms with E-state index in [1.807, 2.05) is 30.3 Å². The maximum Gasteiger partial charge on any atom is 0.356 e. The van der Waals surface area contributed by atoms with Gasteiger partial charge in [0.15, 0.2) is 0 Å². The maximum atomic E-state index is 11.7. The van der Waals surface area contributed by atoms with Crippen molar-refractivity contribution in [1.29, 1.82) is 0 Å². The number of nitrogens with one attached hydrogen (secondary N) is 2. The Kier molecular flexibility index (Phi) is 5.68. The number of carbonyl (C=O) groups excluding carboxylic acids is 1. The van der Waals surface area contributed by atoms with E-state index in [1.54, 1.807) is 12.3 Å². The lowest BCUT2D eigenvalue weighted by molar-refractivity contribution is -0.00517. The third kappa shape index (κ3) is 4.38. The molecule has 4 aliphatic rings. The van der Waals surface area contributed by atoms with Crippen LogP contribution in [0.4, 0.5) is 22.7 Å². The van der Waals surface area contributed by atoms with Gasteiger partial charge >= 0.3 is 5.97 Å². The van der Waals surface area contributed by atoms with Crippen LogP contribution < -0.4 is 10.6 Å². The van der Waals surface area contributed by atoms with E-state index in [2.05, 4.69) is 33.8 Å². The Morgan fingerprint density at radius 1 is 0.886 bits per heavy atom. The van der Waals surface area contributed by atoms with Crippen molar-refractivity contribution >= 4 is 40.3 Å². The Hall–Kier alpha value is -3.05. The SMILES string of the molecule is COC(=O)c1cc(Nc2ccc(Nc3ccc(C45CC6CC(CC(C6)C4)C5)cc3Cl)cc2)ccn1. The summed E-state index contributed by atoms with van der Waals surface area (Å²) in [6.07, 6.45) is 9.96. The molecular formula is C29H30ClN3O2. The van der Waals surface area contributed by atoms with Crippen LogP contribution in [-0.2, 0) is 10.2 Å². The van der Waals surface area contributed by atoms with Crippen LogP contribution in [0.15, 0.2) is 60.8 Å². The predicted molar refractivity (Wildman–Crippen MR) is 140 cm³/mol. The van der Waals surface area contributed by atoms with Crippen molar-refractivity contribution in [3.05, 3.63) is 77.1 Å². The summed E-state index contributed by atoms with van der Waals surface area (Å²) in [6.45, 7) is 0. The van der Waals surface area contributed by atoms with Gasteiger partial charge in [-0.3, -0.25) is 0 Å². The number of carbonyl (C=O) groups is 1. The quantitative estimate of drug-likeness (QED) is 0.353. The minimum absolute atomic E-state index is 0.266. The molecule has 2 aromatic carbocycles. The fourth-order valence-electron chi connectivity index (χ4n) is 7.09. The third-order valence-electron chi connectivity index (χ3n) is 8.23. The molecule has 7 rings (SSSR count). The third-order valence-corrected chi connectivity index (χ3v) is 8.54. The highest BCUT2D eigenvalue weighted by molar-refractivity contribution is 6.33. The summed E-state index contributed by atoms with van der Waals surface area (Å²) in [5.41, 5.74) is 5.62. The molecular weight excluding hydrogens is 458 g/mol. The second-order valence-electron chi connectivity index (χ2n) is 10.6. The summed E-state index contributed by atoms with van der Waals surface area (Å²) in [5.74, 6) is 2.30. The summed E-state index contributed by atoms with van der Waals surface area (Å²) in [6, 6.07) is 18.1. The standard InChI is InChI=1S/C29H30ClN3O2/c1-35-28(34)27-14-24(8-9-31-27)32-22-3-5-23(6-4-22)33-26-7-2-21(13-25(26)30)29-15-18-10-19(16-29)12-20(11-18)17-29/h2-9,13-14,18-20,33H,10-12,15-17H2,1H3,(H,31,32). The number of aromatic nitrogens is 1. The van der Waals surface area contributed by atoms with Crippen LogP contribution in [0.25, 0.3) is 0 Å². The van der Waals surface area contributed by atoms with Crippen molar-refractivity contribution < 1.29 is 9.53 Å². The number of ether oxygens (including phenoxy) is 1. The van der Waals surface area contributed by atoms with Crippen molar-refractivity contribution in [1.82, 2.24) is 4.98 Å². The number of pyridine rings is 1. The van der Waals surface area contributed by atoms with Gasteiger partial charge in [-0.15, -0.1) is 0 Å². The lowest BCUT2D eigenvalue weighted by Crippen LogP contribution is -2.48. The van der Waals surface area contributed by atoms with E-state index in [0.29, 0.717) is 5.41 Å². The van der Waals surface area contributed by atoms with Gasteiger partial charge in [0, 0.05) is 23.3 Å². The highest BCUT2D eigenvalue weighted by Gasteiger charge is 2.51. The summed E-state index contributed by atoms with van der Waals surface area (Å²) in [4.78, 5) is 15.8. The van der Waals surface area contributed by atoms with Gasteiger partial charge in [-0.1, -0.05) is 17.7 Å². The molecule has 4 fully saturated rings. The summed E-state index contributed by atoms with van der Waals surface area (Å²) in [5, 5.41) is 7.54. The number of benzene rings is 2. The molecule has 6 heteroatoms. The highest BCUT2D eigenvalue weighted by Crippen LogP contribution is 2.61. The van der Waals surface area contributed by atoms with E-state index in [1.165, 1.54) is 51.2 Å². The smallest absolute Gasteiger partial charge is 0.356 e. The normalized spacial score (nSPS) is 26.4. The molecule has 1 heterocycles. The van der Waals surface area contributed by atoms with Crippen LogP contribution in [0.1, 0.15) is 54.6 Å². The minimum atomic E-state index is -0.459. The highest BCUT2D eigenvalue weighted by atomic mass is 35.5. The molecule has 5 nitrogen and oxygen atoms in total. The first-order chi connectivity index (χ1) is 17.0. The molecule has 0 saturated heterocycles.